The Balaban J connectivity index is 2.14. The van der Waals surface area contributed by atoms with Gasteiger partial charge in [0.25, 0.3) is 5.69 Å². The Hall–Kier alpha value is -3.22. The topological polar surface area (TPSA) is 148 Å². The third-order valence-corrected chi connectivity index (χ3v) is 4.62. The normalized spacial score (nSPS) is 11.2. The van der Waals surface area contributed by atoms with Crippen LogP contribution in [0.25, 0.3) is 0 Å². The summed E-state index contributed by atoms with van der Waals surface area (Å²) in [5.74, 6) is -0.338. The molecule has 0 radical (unpaired) electrons. The Morgan fingerprint density at radius 1 is 1.22 bits per heavy atom. The minimum Gasteiger partial charge on any atom is -0.483 e. The van der Waals surface area contributed by atoms with Crippen LogP contribution in [0.3, 0.4) is 0 Å². The van der Waals surface area contributed by atoms with E-state index in [0.717, 1.165) is 18.2 Å². The second kappa shape index (κ2) is 7.99. The maximum absolute atomic E-state index is 11.7. The van der Waals surface area contributed by atoms with E-state index in [4.69, 9.17) is 8.92 Å². The average molecular weight is 401 g/mol. The number of non-ortho nitro benzene ring substituents is 1. The number of aromatic nitrogens is 2. The fourth-order valence-corrected chi connectivity index (χ4v) is 2.66. The molecule has 13 heteroatoms. The van der Waals surface area contributed by atoms with Crippen LogP contribution in [0.15, 0.2) is 30.6 Å². The number of hydrogen-bond acceptors (Lipinski definition) is 8. The van der Waals surface area contributed by atoms with Gasteiger partial charge in [0.1, 0.15) is 25.5 Å². The van der Waals surface area contributed by atoms with Gasteiger partial charge in [0.05, 0.1) is 28.7 Å². The molecule has 0 saturated heterocycles. The molecular weight excluding hydrogens is 384 g/mol. The highest BCUT2D eigenvalue weighted by Crippen LogP contribution is 2.31. The van der Waals surface area contributed by atoms with Crippen molar-refractivity contribution < 1.29 is 31.8 Å². The lowest BCUT2D eigenvalue weighted by molar-refractivity contribution is -0.674. The van der Waals surface area contributed by atoms with Crippen LogP contribution in [0.4, 0.5) is 11.4 Å². The van der Waals surface area contributed by atoms with E-state index in [1.807, 2.05) is 0 Å². The van der Waals surface area contributed by atoms with E-state index in [1.54, 1.807) is 19.4 Å². The van der Waals surface area contributed by atoms with Crippen molar-refractivity contribution in [3.63, 3.8) is 0 Å². The molecule has 0 spiro atoms. The minimum absolute atomic E-state index is 0.0543. The second-order valence-corrected chi connectivity index (χ2v) is 7.19. The first-order valence-electron chi connectivity index (χ1n) is 7.67. The zero-order valence-electron chi connectivity index (χ0n) is 14.5. The Morgan fingerprint density at radius 3 is 2.52 bits per heavy atom. The maximum atomic E-state index is 11.7. The van der Waals surface area contributed by atoms with E-state index >= 15 is 0 Å². The van der Waals surface area contributed by atoms with Gasteiger partial charge >= 0.3 is 21.8 Å². The summed E-state index contributed by atoms with van der Waals surface area (Å²) in [5, 5.41) is 21.8. The number of nitro groups is 2. The summed E-state index contributed by atoms with van der Waals surface area (Å²) in [7, 11) is -2.13. The monoisotopic (exact) mass is 401 g/mol. The molecule has 1 aromatic heterocycles. The molecule has 27 heavy (non-hydrogen) atoms. The molecule has 0 saturated carbocycles. The van der Waals surface area contributed by atoms with Gasteiger partial charge in [-0.3, -0.25) is 20.2 Å². The van der Waals surface area contributed by atoms with Gasteiger partial charge in [-0.1, -0.05) is 0 Å². The first-order chi connectivity index (χ1) is 12.6. The molecule has 1 heterocycles. The van der Waals surface area contributed by atoms with Gasteiger partial charge < -0.3 is 8.92 Å². The zero-order chi connectivity index (χ0) is 20.2. The quantitative estimate of drug-likeness (QED) is 0.261. The van der Waals surface area contributed by atoms with Gasteiger partial charge in [0.2, 0.25) is 0 Å². The molecule has 0 atom stereocenters. The van der Waals surface area contributed by atoms with Crippen molar-refractivity contribution in [2.24, 2.45) is 7.05 Å². The number of aryl methyl sites for hydroxylation is 1. The Morgan fingerprint density at radius 2 is 1.93 bits per heavy atom. The van der Waals surface area contributed by atoms with Gasteiger partial charge in [-0.2, -0.15) is 17.6 Å². The van der Waals surface area contributed by atoms with E-state index in [1.165, 1.54) is 16.1 Å². The van der Waals surface area contributed by atoms with Gasteiger partial charge in [-0.05, 0) is 13.0 Å². The first-order valence-corrected chi connectivity index (χ1v) is 9.25. The van der Waals surface area contributed by atoms with E-state index in [9.17, 15) is 28.6 Å². The second-order valence-electron chi connectivity index (χ2n) is 5.33. The Kier molecular flexibility index (Phi) is 5.95. The molecule has 0 aliphatic carbocycles. The van der Waals surface area contributed by atoms with E-state index in [2.05, 4.69) is 0 Å². The van der Waals surface area contributed by atoms with Crippen molar-refractivity contribution in [2.75, 3.05) is 12.4 Å². The molecule has 2 aromatic rings. The SMILES string of the molecule is CCS(=O)(=O)Oc1n(CCOc2ccc([N+](=O)[O-])cc2[N+](=O)[O-])cc[n+]1C. The summed E-state index contributed by atoms with van der Waals surface area (Å²) in [4.78, 5) is 20.3. The summed E-state index contributed by atoms with van der Waals surface area (Å²) in [6.07, 6.45) is 3.14. The summed E-state index contributed by atoms with van der Waals surface area (Å²) in [6, 6.07) is 3.11. The maximum Gasteiger partial charge on any atom is 0.471 e. The number of nitro benzene ring substituents is 2. The largest absolute Gasteiger partial charge is 0.483 e. The van der Waals surface area contributed by atoms with Crippen molar-refractivity contribution in [3.05, 3.63) is 50.8 Å². The lowest BCUT2D eigenvalue weighted by Crippen LogP contribution is -2.31. The third kappa shape index (κ3) is 4.91. The molecule has 0 bridgehead atoms. The molecule has 2 rings (SSSR count). The van der Waals surface area contributed by atoms with E-state index < -0.39 is 31.3 Å². The van der Waals surface area contributed by atoms with Crippen molar-refractivity contribution in [1.29, 1.82) is 0 Å². The number of nitrogens with zero attached hydrogens (tertiary/aromatic N) is 4. The number of rotatable bonds is 9. The van der Waals surface area contributed by atoms with Crippen LogP contribution in [0.5, 0.6) is 11.8 Å². The average Bonchev–Trinajstić information content (AvgIpc) is 2.94. The van der Waals surface area contributed by atoms with Gasteiger partial charge in [-0.15, -0.1) is 0 Å². The standard InChI is InChI=1S/C14H17N4O8S/c1-3-27(23,24)26-14-15(2)6-7-16(14)8-9-25-13-5-4-11(17(19)20)10-12(13)18(21)22/h4-7,10H,3,8-9H2,1-2H3/q+1. The number of benzene rings is 1. The smallest absolute Gasteiger partial charge is 0.471 e. The van der Waals surface area contributed by atoms with E-state index in [0.29, 0.717) is 0 Å². The number of imidazole rings is 1. The fourth-order valence-electron chi connectivity index (χ4n) is 2.10. The van der Waals surface area contributed by atoms with Crippen molar-refractivity contribution in [3.8, 4) is 11.8 Å². The summed E-state index contributed by atoms with van der Waals surface area (Å²) < 4.78 is 36.6. The Bertz CT molecular complexity index is 969. The summed E-state index contributed by atoms with van der Waals surface area (Å²) >= 11 is 0. The highest BCUT2D eigenvalue weighted by Gasteiger charge is 2.24. The molecular formula is C14H17N4O8S+. The van der Waals surface area contributed by atoms with Crippen LogP contribution in [0.2, 0.25) is 0 Å². The lowest BCUT2D eigenvalue weighted by atomic mass is 10.2. The molecule has 0 amide bonds. The van der Waals surface area contributed by atoms with Crippen LogP contribution in [0.1, 0.15) is 6.92 Å². The lowest BCUT2D eigenvalue weighted by Gasteiger charge is -2.07. The fraction of sp³-hybridized carbons (Fsp3) is 0.357. The molecule has 0 unspecified atom stereocenters. The third-order valence-electron chi connectivity index (χ3n) is 3.51. The number of hydrogen-bond donors (Lipinski definition) is 0. The first kappa shape index (κ1) is 20.1. The molecule has 0 aliphatic heterocycles. The summed E-state index contributed by atoms with van der Waals surface area (Å²) in [5.41, 5.74) is -0.959. The molecule has 146 valence electrons. The van der Waals surface area contributed by atoms with Crippen LogP contribution in [-0.2, 0) is 23.7 Å². The van der Waals surface area contributed by atoms with Crippen LogP contribution in [-0.4, -0.2) is 35.2 Å². The van der Waals surface area contributed by atoms with Crippen molar-refractivity contribution in [1.82, 2.24) is 4.57 Å². The van der Waals surface area contributed by atoms with Crippen LogP contribution >= 0.6 is 0 Å². The van der Waals surface area contributed by atoms with Gasteiger partial charge in [0.15, 0.2) is 5.75 Å². The highest BCUT2D eigenvalue weighted by atomic mass is 32.2. The van der Waals surface area contributed by atoms with Crippen LogP contribution in [0, 0.1) is 20.2 Å². The van der Waals surface area contributed by atoms with Crippen LogP contribution < -0.4 is 13.5 Å². The van der Waals surface area contributed by atoms with Crippen molar-refractivity contribution in [2.45, 2.75) is 13.5 Å². The van der Waals surface area contributed by atoms with Gasteiger partial charge in [-0.25, -0.2) is 0 Å². The Labute approximate surface area is 154 Å². The molecule has 0 N–H and O–H groups in total. The number of ether oxygens (including phenoxy) is 1. The predicted octanol–water partition coefficient (Wildman–Crippen LogP) is 0.937. The molecule has 0 aliphatic rings. The predicted molar refractivity (Wildman–Crippen MR) is 90.9 cm³/mol. The summed E-state index contributed by atoms with van der Waals surface area (Å²) in [6.45, 7) is 1.51. The highest BCUT2D eigenvalue weighted by molar-refractivity contribution is 7.87. The van der Waals surface area contributed by atoms with Crippen molar-refractivity contribution >= 4 is 21.5 Å². The zero-order valence-corrected chi connectivity index (χ0v) is 15.3. The minimum atomic E-state index is -3.73. The molecule has 12 nitrogen and oxygen atoms in total. The van der Waals surface area contributed by atoms with E-state index in [-0.39, 0.29) is 30.7 Å². The molecule has 1 aromatic carbocycles. The van der Waals surface area contributed by atoms with Gasteiger partial charge in [0, 0.05) is 6.07 Å². The molecule has 0 fully saturated rings.